The van der Waals surface area contributed by atoms with Crippen LogP contribution in [0.3, 0.4) is 0 Å². The van der Waals surface area contributed by atoms with Gasteiger partial charge in [-0.1, -0.05) is 120 Å². The zero-order valence-corrected chi connectivity index (χ0v) is 31.3. The highest BCUT2D eigenvalue weighted by atomic mass is 35.5. The Kier molecular flexibility index (Phi) is 9.88. The molecule has 0 aliphatic rings. The van der Waals surface area contributed by atoms with E-state index in [-0.39, 0.29) is 0 Å². The van der Waals surface area contributed by atoms with Gasteiger partial charge in [-0.05, 0) is 107 Å². The molecule has 0 N–H and O–H groups in total. The summed E-state index contributed by atoms with van der Waals surface area (Å²) in [5.41, 5.74) is -3.07. The Morgan fingerprint density at radius 3 is 0.965 bits per heavy atom. The Morgan fingerprint density at radius 2 is 0.632 bits per heavy atom. The summed E-state index contributed by atoms with van der Waals surface area (Å²) in [7, 11) is 0. The first kappa shape index (κ1) is 37.9. The van der Waals surface area contributed by atoms with Crippen molar-refractivity contribution >= 4 is 78.9 Å². The van der Waals surface area contributed by atoms with Crippen LogP contribution < -0.4 is 9.80 Å². The highest BCUT2D eigenvalue weighted by molar-refractivity contribution is 6.31. The van der Waals surface area contributed by atoms with Gasteiger partial charge >= 0.3 is 12.4 Å². The Labute approximate surface area is 334 Å². The molecule has 8 rings (SSSR count). The summed E-state index contributed by atoms with van der Waals surface area (Å²) in [6.45, 7) is 0. The molecule has 2 nitrogen and oxygen atoms in total. The lowest BCUT2D eigenvalue weighted by molar-refractivity contribution is -0.288. The van der Waals surface area contributed by atoms with Gasteiger partial charge in [0.1, 0.15) is 0 Å². The molecule has 0 unspecified atom stereocenters. The second-order valence-corrected chi connectivity index (χ2v) is 14.3. The Morgan fingerprint density at radius 1 is 0.333 bits per heavy atom. The molecule has 0 aliphatic carbocycles. The van der Waals surface area contributed by atoms with Crippen LogP contribution in [0.4, 0.5) is 60.5 Å². The number of benzene rings is 8. The molecule has 0 amide bonds. The average molecular weight is 808 g/mol. The minimum atomic E-state index is -5.79. The predicted molar refractivity (Wildman–Crippen MR) is 220 cm³/mol. The van der Waals surface area contributed by atoms with Crippen LogP contribution in [0.25, 0.3) is 21.5 Å². The fourth-order valence-corrected chi connectivity index (χ4v) is 7.80. The zero-order chi connectivity index (χ0) is 40.0. The maximum absolute atomic E-state index is 15.5. The van der Waals surface area contributed by atoms with Crippen molar-refractivity contribution in [3.05, 3.63) is 203 Å². The lowest BCUT2D eigenvalue weighted by atomic mass is 9.72. The number of nitrogens with zero attached hydrogens (tertiary/aromatic N) is 2. The molecular formula is C47H30Cl2F6N2. The number of fused-ring (bicyclic) bond motifs is 2. The van der Waals surface area contributed by atoms with Crippen molar-refractivity contribution in [2.75, 3.05) is 9.80 Å². The molecule has 284 valence electrons. The van der Waals surface area contributed by atoms with Gasteiger partial charge < -0.3 is 9.80 Å². The third-order valence-electron chi connectivity index (χ3n) is 10.2. The van der Waals surface area contributed by atoms with Crippen LogP contribution in [0.15, 0.2) is 182 Å². The molecule has 57 heavy (non-hydrogen) atoms. The van der Waals surface area contributed by atoms with E-state index < -0.39 is 28.9 Å². The first-order valence-corrected chi connectivity index (χ1v) is 18.5. The highest BCUT2D eigenvalue weighted by Gasteiger charge is 2.72. The van der Waals surface area contributed by atoms with Crippen molar-refractivity contribution < 1.29 is 26.3 Å². The molecule has 0 atom stereocenters. The van der Waals surface area contributed by atoms with Gasteiger partial charge in [-0.15, -0.1) is 0 Å². The number of alkyl halides is 6. The number of rotatable bonds is 8. The molecular weight excluding hydrogens is 777 g/mol. The second-order valence-electron chi connectivity index (χ2n) is 13.5. The van der Waals surface area contributed by atoms with Crippen molar-refractivity contribution in [1.29, 1.82) is 0 Å². The Balaban J connectivity index is 1.27. The third-order valence-corrected chi connectivity index (χ3v) is 10.7. The molecule has 0 radical (unpaired) electrons. The summed E-state index contributed by atoms with van der Waals surface area (Å²) in [5, 5.41) is 4.39. The molecule has 0 bridgehead atoms. The molecule has 0 fully saturated rings. The van der Waals surface area contributed by atoms with E-state index in [2.05, 4.69) is 0 Å². The topological polar surface area (TPSA) is 6.48 Å². The molecule has 0 heterocycles. The van der Waals surface area contributed by atoms with Crippen LogP contribution in [0.1, 0.15) is 11.1 Å². The molecule has 8 aromatic carbocycles. The standard InChI is InChI=1S/C47H30Cl2F6N2/c48-35-19-27-39(28-20-35)56(43-13-5-9-31-7-1-3-11-41(31)43)37-23-15-33(16-24-37)45(46(50,51)52,47(53,54)55)34-17-25-38(26-18-34)57(40-29-21-36(49)22-30-40)44-14-6-10-32-8-2-4-12-42(32)44/h1-30H. The summed E-state index contributed by atoms with van der Waals surface area (Å²) in [5.74, 6) is 0. The van der Waals surface area contributed by atoms with Gasteiger partial charge in [-0.25, -0.2) is 0 Å². The SMILES string of the molecule is FC(F)(F)C(c1ccc(N(c2ccc(Cl)cc2)c2cccc3ccccc23)cc1)(c1ccc(N(c2ccc(Cl)cc2)c2cccc3ccccc23)cc1)C(F)(F)F. The molecule has 0 aliphatic heterocycles. The molecule has 0 aromatic heterocycles. The van der Waals surface area contributed by atoms with Crippen molar-refractivity contribution in [1.82, 2.24) is 0 Å². The largest absolute Gasteiger partial charge is 0.411 e. The van der Waals surface area contributed by atoms with Crippen LogP contribution in [-0.2, 0) is 5.41 Å². The average Bonchev–Trinajstić information content (AvgIpc) is 3.20. The van der Waals surface area contributed by atoms with E-state index >= 15 is 26.3 Å². The Bertz CT molecular complexity index is 2480. The minimum absolute atomic E-state index is 0.347. The van der Waals surface area contributed by atoms with Gasteiger partial charge in [-0.3, -0.25) is 0 Å². The van der Waals surface area contributed by atoms with Gasteiger partial charge in [0.15, 0.2) is 0 Å². The van der Waals surface area contributed by atoms with E-state index in [1.54, 1.807) is 58.3 Å². The summed E-state index contributed by atoms with van der Waals surface area (Å²) in [6, 6.07) is 48.7. The normalized spacial score (nSPS) is 12.2. The van der Waals surface area contributed by atoms with Crippen molar-refractivity contribution in [2.24, 2.45) is 0 Å². The van der Waals surface area contributed by atoms with Gasteiger partial charge in [-0.2, -0.15) is 26.3 Å². The summed E-state index contributed by atoms with van der Waals surface area (Å²) >= 11 is 12.4. The lowest BCUT2D eigenvalue weighted by Gasteiger charge is -2.39. The third kappa shape index (κ3) is 6.83. The zero-order valence-electron chi connectivity index (χ0n) is 29.7. The van der Waals surface area contributed by atoms with E-state index in [0.717, 1.165) is 45.8 Å². The van der Waals surface area contributed by atoms with Gasteiger partial charge in [0.05, 0.1) is 11.4 Å². The van der Waals surface area contributed by atoms with E-state index in [1.165, 1.54) is 24.3 Å². The summed E-state index contributed by atoms with van der Waals surface area (Å²) < 4.78 is 92.9. The van der Waals surface area contributed by atoms with E-state index in [4.69, 9.17) is 23.2 Å². The monoisotopic (exact) mass is 806 g/mol. The number of halogens is 8. The fourth-order valence-electron chi connectivity index (χ4n) is 7.54. The highest BCUT2D eigenvalue weighted by Crippen LogP contribution is 2.57. The van der Waals surface area contributed by atoms with E-state index in [0.29, 0.717) is 44.2 Å². The summed E-state index contributed by atoms with van der Waals surface area (Å²) in [4.78, 5) is 3.55. The van der Waals surface area contributed by atoms with Crippen molar-refractivity contribution in [2.45, 2.75) is 17.8 Å². The van der Waals surface area contributed by atoms with Crippen molar-refractivity contribution in [3.63, 3.8) is 0 Å². The first-order valence-electron chi connectivity index (χ1n) is 17.8. The van der Waals surface area contributed by atoms with Crippen molar-refractivity contribution in [3.8, 4) is 0 Å². The van der Waals surface area contributed by atoms with E-state index in [9.17, 15) is 0 Å². The molecule has 0 saturated heterocycles. The fraction of sp³-hybridized carbons (Fsp3) is 0.0638. The summed E-state index contributed by atoms with van der Waals surface area (Å²) in [6.07, 6.45) is -11.6. The predicted octanol–water partition coefficient (Wildman–Crippen LogP) is 15.7. The van der Waals surface area contributed by atoms with Crippen LogP contribution >= 0.6 is 23.2 Å². The van der Waals surface area contributed by atoms with Crippen LogP contribution in [0.2, 0.25) is 10.0 Å². The molecule has 8 aromatic rings. The molecule has 0 saturated carbocycles. The quantitative estimate of drug-likeness (QED) is 0.141. The smallest absolute Gasteiger partial charge is 0.310 e. The maximum atomic E-state index is 15.5. The van der Waals surface area contributed by atoms with Crippen LogP contribution in [0.5, 0.6) is 0 Å². The number of hydrogen-bond donors (Lipinski definition) is 0. The van der Waals surface area contributed by atoms with Gasteiger partial charge in [0, 0.05) is 43.6 Å². The second kappa shape index (κ2) is 14.8. The number of hydrogen-bond acceptors (Lipinski definition) is 2. The van der Waals surface area contributed by atoms with E-state index in [1.807, 2.05) is 84.9 Å². The van der Waals surface area contributed by atoms with Gasteiger partial charge in [0.25, 0.3) is 0 Å². The van der Waals surface area contributed by atoms with Gasteiger partial charge in [0.2, 0.25) is 5.41 Å². The van der Waals surface area contributed by atoms with Crippen LogP contribution in [-0.4, -0.2) is 12.4 Å². The number of anilines is 6. The first-order chi connectivity index (χ1) is 27.4. The Hall–Kier alpha value is -5.96. The molecule has 0 spiro atoms. The maximum Gasteiger partial charge on any atom is 0.411 e. The minimum Gasteiger partial charge on any atom is -0.310 e. The van der Waals surface area contributed by atoms with Crippen LogP contribution in [0, 0.1) is 0 Å². The molecule has 10 heteroatoms. The lowest BCUT2D eigenvalue weighted by Crippen LogP contribution is -2.54.